The molecule has 0 aliphatic rings. The van der Waals surface area contributed by atoms with Crippen molar-refractivity contribution in [1.29, 1.82) is 0 Å². The highest BCUT2D eigenvalue weighted by Crippen LogP contribution is 2.26. The van der Waals surface area contributed by atoms with Gasteiger partial charge in [0.05, 0.1) is 4.34 Å². The van der Waals surface area contributed by atoms with Crippen molar-refractivity contribution in [2.75, 3.05) is 16.6 Å². The molecule has 0 aliphatic carbocycles. The molecule has 0 atom stereocenters. The van der Waals surface area contributed by atoms with Gasteiger partial charge in [0.15, 0.2) is 5.82 Å². The summed E-state index contributed by atoms with van der Waals surface area (Å²) >= 11 is 6.72. The predicted octanol–water partition coefficient (Wildman–Crippen LogP) is 3.06. The molecule has 0 radical (unpaired) electrons. The second-order valence-corrected chi connectivity index (χ2v) is 8.37. The standard InChI is InChI=1S/C12H15ClN4O2S2/c1-8(2)7-14-10-4-5-11(16-15-10)17-21(18,19)12-6-3-9(13)20-12/h3-6,8H,7H2,1-2H3,(H,14,15)(H,16,17). The van der Waals surface area contributed by atoms with E-state index in [1.54, 1.807) is 12.1 Å². The van der Waals surface area contributed by atoms with Gasteiger partial charge in [0.25, 0.3) is 10.0 Å². The molecule has 6 nitrogen and oxygen atoms in total. The van der Waals surface area contributed by atoms with Crippen LogP contribution in [0.2, 0.25) is 4.34 Å². The Labute approximate surface area is 132 Å². The van der Waals surface area contributed by atoms with Crippen molar-refractivity contribution in [3.63, 3.8) is 0 Å². The lowest BCUT2D eigenvalue weighted by atomic mass is 10.2. The summed E-state index contributed by atoms with van der Waals surface area (Å²) in [4.78, 5) is 0. The van der Waals surface area contributed by atoms with Crippen molar-refractivity contribution in [3.8, 4) is 0 Å². The second-order valence-electron chi connectivity index (χ2n) is 4.74. The molecule has 2 aromatic rings. The van der Waals surface area contributed by atoms with Crippen LogP contribution in [-0.4, -0.2) is 25.2 Å². The van der Waals surface area contributed by atoms with E-state index in [0.717, 1.165) is 17.9 Å². The Bertz CT molecular complexity index is 698. The largest absolute Gasteiger partial charge is 0.368 e. The van der Waals surface area contributed by atoms with E-state index in [4.69, 9.17) is 11.6 Å². The van der Waals surface area contributed by atoms with E-state index in [1.807, 2.05) is 0 Å². The molecule has 0 aromatic carbocycles. The molecule has 2 heterocycles. The predicted molar refractivity (Wildman–Crippen MR) is 85.5 cm³/mol. The van der Waals surface area contributed by atoms with Crippen LogP contribution in [0.4, 0.5) is 11.6 Å². The van der Waals surface area contributed by atoms with E-state index in [9.17, 15) is 8.42 Å². The van der Waals surface area contributed by atoms with Crippen LogP contribution >= 0.6 is 22.9 Å². The smallest absolute Gasteiger partial charge is 0.272 e. The maximum atomic E-state index is 12.1. The molecule has 0 aliphatic heterocycles. The SMILES string of the molecule is CC(C)CNc1ccc(NS(=O)(=O)c2ccc(Cl)s2)nn1. The summed E-state index contributed by atoms with van der Waals surface area (Å²) in [6.45, 7) is 4.93. The van der Waals surface area contributed by atoms with Gasteiger partial charge < -0.3 is 5.32 Å². The first-order chi connectivity index (χ1) is 9.87. The molecule has 0 amide bonds. The highest BCUT2D eigenvalue weighted by molar-refractivity contribution is 7.94. The summed E-state index contributed by atoms with van der Waals surface area (Å²) in [5.74, 6) is 1.24. The number of sulfonamides is 1. The molecule has 2 N–H and O–H groups in total. The molecule has 2 aromatic heterocycles. The summed E-state index contributed by atoms with van der Waals surface area (Å²) in [6.07, 6.45) is 0. The first-order valence-electron chi connectivity index (χ1n) is 6.22. The topological polar surface area (TPSA) is 84.0 Å². The molecule has 0 saturated heterocycles. The van der Waals surface area contributed by atoms with Crippen LogP contribution in [0.25, 0.3) is 0 Å². The van der Waals surface area contributed by atoms with Gasteiger partial charge in [-0.25, -0.2) is 8.42 Å². The van der Waals surface area contributed by atoms with Gasteiger partial charge in [-0.3, -0.25) is 4.72 Å². The third-order valence-corrected chi connectivity index (χ3v) is 5.49. The van der Waals surface area contributed by atoms with Crippen molar-refractivity contribution >= 4 is 44.6 Å². The second kappa shape index (κ2) is 6.59. The Balaban J connectivity index is 2.06. The van der Waals surface area contributed by atoms with Crippen molar-refractivity contribution in [3.05, 3.63) is 28.6 Å². The Morgan fingerprint density at radius 2 is 1.86 bits per heavy atom. The Morgan fingerprint density at radius 1 is 1.19 bits per heavy atom. The highest BCUT2D eigenvalue weighted by Gasteiger charge is 2.17. The number of nitrogens with one attached hydrogen (secondary N) is 2. The average molecular weight is 347 g/mol. The van der Waals surface area contributed by atoms with Gasteiger partial charge in [-0.2, -0.15) is 0 Å². The van der Waals surface area contributed by atoms with E-state index in [1.165, 1.54) is 12.1 Å². The molecule has 0 saturated carbocycles. The minimum atomic E-state index is -3.67. The molecule has 2 rings (SSSR count). The van der Waals surface area contributed by atoms with E-state index in [0.29, 0.717) is 16.1 Å². The third kappa shape index (κ3) is 4.55. The molecular weight excluding hydrogens is 332 g/mol. The molecule has 0 spiro atoms. The number of aromatic nitrogens is 2. The van der Waals surface area contributed by atoms with Crippen molar-refractivity contribution in [1.82, 2.24) is 10.2 Å². The first kappa shape index (κ1) is 16.0. The van der Waals surface area contributed by atoms with Crippen LogP contribution in [0.1, 0.15) is 13.8 Å². The number of rotatable bonds is 6. The fourth-order valence-corrected chi connectivity index (χ4v) is 3.90. The molecule has 0 fully saturated rings. The summed E-state index contributed by atoms with van der Waals surface area (Å²) in [5, 5.41) is 10.9. The van der Waals surface area contributed by atoms with E-state index >= 15 is 0 Å². The number of halogens is 1. The normalized spacial score (nSPS) is 11.6. The lowest BCUT2D eigenvalue weighted by Gasteiger charge is -2.08. The zero-order valence-electron chi connectivity index (χ0n) is 11.5. The average Bonchev–Trinajstić information content (AvgIpc) is 2.85. The van der Waals surface area contributed by atoms with E-state index in [-0.39, 0.29) is 10.0 Å². The maximum Gasteiger partial charge on any atom is 0.272 e. The quantitative estimate of drug-likeness (QED) is 0.839. The van der Waals surface area contributed by atoms with Crippen LogP contribution in [0.3, 0.4) is 0 Å². The lowest BCUT2D eigenvalue weighted by Crippen LogP contribution is -2.14. The number of hydrogen-bond acceptors (Lipinski definition) is 6. The van der Waals surface area contributed by atoms with Gasteiger partial charge in [0, 0.05) is 6.54 Å². The van der Waals surface area contributed by atoms with E-state index in [2.05, 4.69) is 34.1 Å². The number of anilines is 2. The molecule has 114 valence electrons. The Hall–Kier alpha value is -1.38. The highest BCUT2D eigenvalue weighted by atomic mass is 35.5. The van der Waals surface area contributed by atoms with Gasteiger partial charge >= 0.3 is 0 Å². The fraction of sp³-hybridized carbons (Fsp3) is 0.333. The molecular formula is C12H15ClN4O2S2. The van der Waals surface area contributed by atoms with Gasteiger partial charge in [-0.05, 0) is 30.2 Å². The summed E-state index contributed by atoms with van der Waals surface area (Å²) in [6, 6.07) is 6.21. The van der Waals surface area contributed by atoms with Gasteiger partial charge in [0.2, 0.25) is 0 Å². The Kier molecular flexibility index (Phi) is 5.02. The minimum absolute atomic E-state index is 0.135. The van der Waals surface area contributed by atoms with Gasteiger partial charge in [0.1, 0.15) is 10.0 Å². The minimum Gasteiger partial charge on any atom is -0.368 e. The van der Waals surface area contributed by atoms with E-state index < -0.39 is 10.0 Å². The van der Waals surface area contributed by atoms with Crippen LogP contribution in [-0.2, 0) is 10.0 Å². The number of thiophene rings is 1. The summed E-state index contributed by atoms with van der Waals surface area (Å²) in [7, 11) is -3.67. The summed E-state index contributed by atoms with van der Waals surface area (Å²) < 4.78 is 27.1. The van der Waals surface area contributed by atoms with Crippen molar-refractivity contribution in [2.45, 2.75) is 18.1 Å². The third-order valence-electron chi connectivity index (χ3n) is 2.41. The molecule has 21 heavy (non-hydrogen) atoms. The Morgan fingerprint density at radius 3 is 2.38 bits per heavy atom. The molecule has 0 bridgehead atoms. The van der Waals surface area contributed by atoms with Gasteiger partial charge in [-0.15, -0.1) is 21.5 Å². The fourth-order valence-electron chi connectivity index (χ4n) is 1.42. The summed E-state index contributed by atoms with van der Waals surface area (Å²) in [5.41, 5.74) is 0. The van der Waals surface area contributed by atoms with Crippen LogP contribution in [0, 0.1) is 5.92 Å². The zero-order chi connectivity index (χ0) is 15.5. The first-order valence-corrected chi connectivity index (χ1v) is 8.90. The zero-order valence-corrected chi connectivity index (χ0v) is 13.9. The lowest BCUT2D eigenvalue weighted by molar-refractivity contribution is 0.603. The van der Waals surface area contributed by atoms with Crippen LogP contribution < -0.4 is 10.0 Å². The van der Waals surface area contributed by atoms with Crippen molar-refractivity contribution in [2.24, 2.45) is 5.92 Å². The van der Waals surface area contributed by atoms with Crippen LogP contribution in [0.15, 0.2) is 28.5 Å². The monoisotopic (exact) mass is 346 g/mol. The van der Waals surface area contributed by atoms with Crippen LogP contribution in [0.5, 0.6) is 0 Å². The maximum absolute atomic E-state index is 12.1. The van der Waals surface area contributed by atoms with Crippen molar-refractivity contribution < 1.29 is 8.42 Å². The number of hydrogen-bond donors (Lipinski definition) is 2. The van der Waals surface area contributed by atoms with Gasteiger partial charge in [-0.1, -0.05) is 25.4 Å². The molecule has 9 heteroatoms. The molecule has 0 unspecified atom stereocenters. The number of nitrogens with zero attached hydrogens (tertiary/aromatic N) is 2.